The van der Waals surface area contributed by atoms with Gasteiger partial charge in [-0.1, -0.05) is 12.1 Å². The summed E-state index contributed by atoms with van der Waals surface area (Å²) < 4.78 is 39.2. The predicted molar refractivity (Wildman–Crippen MR) is 74.3 cm³/mol. The number of halogens is 3. The van der Waals surface area contributed by atoms with Crippen LogP contribution >= 0.6 is 0 Å². The lowest BCUT2D eigenvalue weighted by Crippen LogP contribution is -2.24. The zero-order chi connectivity index (χ0) is 15.2. The summed E-state index contributed by atoms with van der Waals surface area (Å²) in [6.45, 7) is 0.654. The van der Waals surface area contributed by atoms with Crippen LogP contribution in [-0.4, -0.2) is 18.2 Å². The van der Waals surface area contributed by atoms with E-state index in [2.05, 4.69) is 5.32 Å². The first-order valence-electron chi connectivity index (χ1n) is 6.64. The lowest BCUT2D eigenvalue weighted by atomic mass is 10.1. The highest BCUT2D eigenvalue weighted by Crippen LogP contribution is 2.17. The second-order valence-electron chi connectivity index (χ2n) is 4.76. The second-order valence-corrected chi connectivity index (χ2v) is 4.76. The Hall–Kier alpha value is -1.85. The minimum absolute atomic E-state index is 0.0655. The number of nitrogens with one attached hydrogen (secondary N) is 1. The lowest BCUT2D eigenvalue weighted by Gasteiger charge is -2.13. The molecule has 112 valence electrons. The minimum Gasteiger partial charge on any atom is -0.387 e. The number of hydrogen-bond acceptors (Lipinski definition) is 2. The predicted octanol–water partition coefficient (Wildman–Crippen LogP) is 2.97. The van der Waals surface area contributed by atoms with Crippen LogP contribution in [0, 0.1) is 17.5 Å². The number of aliphatic hydroxyl groups is 1. The summed E-state index contributed by atoms with van der Waals surface area (Å²) in [5, 5.41) is 12.8. The Bertz CT molecular complexity index is 587. The van der Waals surface area contributed by atoms with Crippen LogP contribution in [0.4, 0.5) is 13.2 Å². The Kier molecular flexibility index (Phi) is 5.36. The molecular weight excluding hydrogens is 279 g/mol. The summed E-state index contributed by atoms with van der Waals surface area (Å²) in [6.07, 6.45) is -0.465. The van der Waals surface area contributed by atoms with Crippen LogP contribution in [0.25, 0.3) is 0 Å². The zero-order valence-corrected chi connectivity index (χ0v) is 11.3. The molecule has 2 aromatic rings. The van der Waals surface area contributed by atoms with Crippen molar-refractivity contribution >= 4 is 0 Å². The Morgan fingerprint density at radius 2 is 1.62 bits per heavy atom. The van der Waals surface area contributed by atoms with Gasteiger partial charge in [0.25, 0.3) is 0 Å². The quantitative estimate of drug-likeness (QED) is 0.803. The van der Waals surface area contributed by atoms with Crippen molar-refractivity contribution < 1.29 is 18.3 Å². The van der Waals surface area contributed by atoms with Crippen LogP contribution in [0.1, 0.15) is 17.2 Å². The summed E-state index contributed by atoms with van der Waals surface area (Å²) >= 11 is 0. The fourth-order valence-electron chi connectivity index (χ4n) is 2.00. The molecule has 0 heterocycles. The Morgan fingerprint density at radius 3 is 2.33 bits per heavy atom. The van der Waals surface area contributed by atoms with E-state index in [0.717, 1.165) is 23.8 Å². The third-order valence-corrected chi connectivity index (χ3v) is 3.16. The van der Waals surface area contributed by atoms with Crippen molar-refractivity contribution in [2.45, 2.75) is 12.5 Å². The lowest BCUT2D eigenvalue weighted by molar-refractivity contribution is 0.170. The molecule has 5 heteroatoms. The van der Waals surface area contributed by atoms with E-state index in [1.54, 1.807) is 12.1 Å². The van der Waals surface area contributed by atoms with Crippen LogP contribution in [-0.2, 0) is 6.42 Å². The maximum absolute atomic E-state index is 13.4. The molecule has 0 radical (unpaired) electrons. The van der Waals surface area contributed by atoms with Gasteiger partial charge >= 0.3 is 0 Å². The summed E-state index contributed by atoms with van der Waals surface area (Å²) in [7, 11) is 0. The maximum Gasteiger partial charge on any atom is 0.129 e. The van der Waals surface area contributed by atoms with Crippen molar-refractivity contribution in [3.63, 3.8) is 0 Å². The molecule has 0 spiro atoms. The highest BCUT2D eigenvalue weighted by molar-refractivity contribution is 5.21. The second kappa shape index (κ2) is 7.24. The van der Waals surface area contributed by atoms with Gasteiger partial charge in [0.2, 0.25) is 0 Å². The third-order valence-electron chi connectivity index (χ3n) is 3.16. The molecule has 0 bridgehead atoms. The largest absolute Gasteiger partial charge is 0.387 e. The molecule has 0 fully saturated rings. The Morgan fingerprint density at radius 1 is 0.952 bits per heavy atom. The molecule has 0 amide bonds. The van der Waals surface area contributed by atoms with E-state index in [1.165, 1.54) is 12.1 Å². The first kappa shape index (κ1) is 15.5. The molecule has 2 N–H and O–H groups in total. The molecule has 2 aromatic carbocycles. The van der Waals surface area contributed by atoms with Gasteiger partial charge < -0.3 is 10.4 Å². The standard InChI is InChI=1S/C16H16F3NO/c17-12-3-1-11(2-4-12)7-8-20-10-16(21)14-9-13(18)5-6-15(14)19/h1-6,9,16,20-21H,7-8,10H2. The number of aliphatic hydroxyl groups excluding tert-OH is 1. The van der Waals surface area contributed by atoms with Crippen LogP contribution in [0.15, 0.2) is 42.5 Å². The van der Waals surface area contributed by atoms with E-state index in [0.29, 0.717) is 13.0 Å². The number of rotatable bonds is 6. The molecule has 0 aliphatic carbocycles. The summed E-state index contributed by atoms with van der Waals surface area (Å²) in [5.74, 6) is -1.51. The molecule has 0 aromatic heterocycles. The first-order chi connectivity index (χ1) is 10.1. The molecule has 2 nitrogen and oxygen atoms in total. The SMILES string of the molecule is OC(CNCCc1ccc(F)cc1)c1cc(F)ccc1F. The highest BCUT2D eigenvalue weighted by atomic mass is 19.1. The summed E-state index contributed by atoms with van der Waals surface area (Å²) in [5.41, 5.74) is 0.889. The first-order valence-corrected chi connectivity index (χ1v) is 6.64. The smallest absolute Gasteiger partial charge is 0.129 e. The van der Waals surface area contributed by atoms with Crippen LogP contribution in [0.2, 0.25) is 0 Å². The molecule has 0 aliphatic heterocycles. The van der Waals surface area contributed by atoms with E-state index in [1.807, 2.05) is 0 Å². The molecule has 21 heavy (non-hydrogen) atoms. The topological polar surface area (TPSA) is 32.3 Å². The van der Waals surface area contributed by atoms with Crippen molar-refractivity contribution in [1.82, 2.24) is 5.32 Å². The van der Waals surface area contributed by atoms with E-state index in [9.17, 15) is 18.3 Å². The van der Waals surface area contributed by atoms with E-state index >= 15 is 0 Å². The highest BCUT2D eigenvalue weighted by Gasteiger charge is 2.13. The van der Waals surface area contributed by atoms with Crippen molar-refractivity contribution in [3.05, 3.63) is 71.0 Å². The summed E-state index contributed by atoms with van der Waals surface area (Å²) in [6, 6.07) is 9.11. The average molecular weight is 295 g/mol. The number of benzene rings is 2. The van der Waals surface area contributed by atoms with E-state index < -0.39 is 17.7 Å². The van der Waals surface area contributed by atoms with Crippen molar-refractivity contribution in [3.8, 4) is 0 Å². The molecular formula is C16H16F3NO. The van der Waals surface area contributed by atoms with Crippen molar-refractivity contribution in [2.24, 2.45) is 0 Å². The van der Waals surface area contributed by atoms with Gasteiger partial charge in [0.15, 0.2) is 0 Å². The molecule has 1 unspecified atom stereocenters. The van der Waals surface area contributed by atoms with Gasteiger partial charge in [0.05, 0.1) is 6.10 Å². The van der Waals surface area contributed by atoms with Gasteiger partial charge in [-0.2, -0.15) is 0 Å². The van der Waals surface area contributed by atoms with Gasteiger partial charge in [0, 0.05) is 12.1 Å². The van der Waals surface area contributed by atoms with Crippen LogP contribution < -0.4 is 5.32 Å². The molecule has 0 saturated heterocycles. The van der Waals surface area contributed by atoms with E-state index in [4.69, 9.17) is 0 Å². The minimum atomic E-state index is -1.12. The average Bonchev–Trinajstić information content (AvgIpc) is 2.47. The Labute approximate surface area is 121 Å². The Balaban J connectivity index is 1.80. The fraction of sp³-hybridized carbons (Fsp3) is 0.250. The van der Waals surface area contributed by atoms with E-state index in [-0.39, 0.29) is 17.9 Å². The van der Waals surface area contributed by atoms with Gasteiger partial charge in [-0.25, -0.2) is 13.2 Å². The normalized spacial score (nSPS) is 12.4. The van der Waals surface area contributed by atoms with Crippen LogP contribution in [0.5, 0.6) is 0 Å². The molecule has 2 rings (SSSR count). The molecule has 0 saturated carbocycles. The van der Waals surface area contributed by atoms with Gasteiger partial charge in [0.1, 0.15) is 17.5 Å². The van der Waals surface area contributed by atoms with Crippen LogP contribution in [0.3, 0.4) is 0 Å². The fourth-order valence-corrected chi connectivity index (χ4v) is 2.00. The zero-order valence-electron chi connectivity index (χ0n) is 11.3. The van der Waals surface area contributed by atoms with Gasteiger partial charge in [-0.15, -0.1) is 0 Å². The summed E-state index contributed by atoms with van der Waals surface area (Å²) in [4.78, 5) is 0. The molecule has 1 atom stereocenters. The third kappa shape index (κ3) is 4.58. The monoisotopic (exact) mass is 295 g/mol. The molecule has 0 aliphatic rings. The van der Waals surface area contributed by atoms with Gasteiger partial charge in [-0.05, 0) is 48.9 Å². The van der Waals surface area contributed by atoms with Crippen molar-refractivity contribution in [1.29, 1.82) is 0 Å². The van der Waals surface area contributed by atoms with Gasteiger partial charge in [-0.3, -0.25) is 0 Å². The number of hydrogen-bond donors (Lipinski definition) is 2. The maximum atomic E-state index is 13.4. The van der Waals surface area contributed by atoms with Crippen molar-refractivity contribution in [2.75, 3.05) is 13.1 Å².